The first-order valence-electron chi connectivity index (χ1n) is 9.04. The van der Waals surface area contributed by atoms with E-state index in [2.05, 4.69) is 20.4 Å². The van der Waals surface area contributed by atoms with Crippen LogP contribution in [0, 0.1) is 0 Å². The monoisotopic (exact) mass is 548 g/mol. The number of rotatable bonds is 9. The Morgan fingerprint density at radius 3 is 2.55 bits per heavy atom. The van der Waals surface area contributed by atoms with Crippen molar-refractivity contribution in [3.63, 3.8) is 0 Å². The highest BCUT2D eigenvalue weighted by molar-refractivity contribution is 14.0. The van der Waals surface area contributed by atoms with Crippen molar-refractivity contribution in [1.29, 1.82) is 0 Å². The number of aliphatic imine (C=N–C) groups is 1. The van der Waals surface area contributed by atoms with Crippen LogP contribution >= 0.6 is 24.0 Å². The summed E-state index contributed by atoms with van der Waals surface area (Å²) in [6.07, 6.45) is -0.279. The minimum atomic E-state index is -3.13. The summed E-state index contributed by atoms with van der Waals surface area (Å²) >= 11 is 0. The maximum Gasteiger partial charge on any atom is 0.387 e. The van der Waals surface area contributed by atoms with Crippen molar-refractivity contribution in [2.75, 3.05) is 38.5 Å². The number of hydrogen-bond donors (Lipinski definition) is 3. The highest BCUT2D eigenvalue weighted by Crippen LogP contribution is 2.19. The summed E-state index contributed by atoms with van der Waals surface area (Å²) in [6, 6.07) is 5.70. The number of aliphatic hydroxyl groups excluding tert-OH is 1. The van der Waals surface area contributed by atoms with E-state index >= 15 is 0 Å². The zero-order valence-corrected chi connectivity index (χ0v) is 19.2. The molecule has 1 aliphatic heterocycles. The fourth-order valence-electron chi connectivity index (χ4n) is 2.74. The second kappa shape index (κ2) is 12.4. The van der Waals surface area contributed by atoms with E-state index in [1.165, 1.54) is 28.6 Å². The third-order valence-corrected chi connectivity index (χ3v) is 6.07. The number of ether oxygens (including phenoxy) is 1. The minimum absolute atomic E-state index is 0. The van der Waals surface area contributed by atoms with E-state index in [4.69, 9.17) is 0 Å². The molecule has 1 saturated heterocycles. The number of nitrogens with zero attached hydrogens (tertiary/aromatic N) is 2. The maximum absolute atomic E-state index is 12.2. The number of nitrogens with one attached hydrogen (secondary N) is 2. The largest absolute Gasteiger partial charge is 0.435 e. The SMILES string of the molecule is CCNC(=NCC(O)c1ccc(OC(F)F)cc1)NCCN1CCCS1(=O)=O.I. The van der Waals surface area contributed by atoms with Gasteiger partial charge in [-0.15, -0.1) is 24.0 Å². The van der Waals surface area contributed by atoms with E-state index in [9.17, 15) is 22.3 Å². The van der Waals surface area contributed by atoms with E-state index in [1.807, 2.05) is 6.92 Å². The number of sulfonamides is 1. The minimum Gasteiger partial charge on any atom is -0.435 e. The average molecular weight is 548 g/mol. The summed E-state index contributed by atoms with van der Waals surface area (Å²) in [5, 5.41) is 16.3. The molecule has 1 aromatic rings. The lowest BCUT2D eigenvalue weighted by Gasteiger charge is -2.17. The second-order valence-electron chi connectivity index (χ2n) is 6.18. The van der Waals surface area contributed by atoms with Gasteiger partial charge in [-0.1, -0.05) is 12.1 Å². The normalized spacial score (nSPS) is 17.6. The topological polar surface area (TPSA) is 103 Å². The predicted molar refractivity (Wildman–Crippen MR) is 117 cm³/mol. The Morgan fingerprint density at radius 1 is 1.31 bits per heavy atom. The van der Waals surface area contributed by atoms with Crippen molar-refractivity contribution < 1.29 is 27.0 Å². The Labute approximate surface area is 186 Å². The summed E-state index contributed by atoms with van der Waals surface area (Å²) < 4.78 is 53.6. The van der Waals surface area contributed by atoms with Gasteiger partial charge in [-0.3, -0.25) is 4.99 Å². The van der Waals surface area contributed by atoms with Crippen LogP contribution in [0.1, 0.15) is 25.0 Å². The number of guanidine groups is 1. The molecule has 0 saturated carbocycles. The molecule has 8 nitrogen and oxygen atoms in total. The molecule has 1 unspecified atom stereocenters. The van der Waals surface area contributed by atoms with Crippen LogP contribution in [0.2, 0.25) is 0 Å². The Balaban J connectivity index is 0.00000420. The summed E-state index contributed by atoms with van der Waals surface area (Å²) in [7, 11) is -3.13. The Morgan fingerprint density at radius 2 is 2.00 bits per heavy atom. The first-order valence-corrected chi connectivity index (χ1v) is 10.7. The molecule has 0 bridgehead atoms. The van der Waals surface area contributed by atoms with E-state index in [-0.39, 0.29) is 42.0 Å². The highest BCUT2D eigenvalue weighted by atomic mass is 127. The van der Waals surface area contributed by atoms with Crippen molar-refractivity contribution in [3.8, 4) is 5.75 Å². The molecule has 1 aliphatic rings. The molecule has 29 heavy (non-hydrogen) atoms. The molecule has 1 atom stereocenters. The van der Waals surface area contributed by atoms with Crippen LogP contribution in [0.15, 0.2) is 29.3 Å². The Kier molecular flexibility index (Phi) is 11.1. The van der Waals surface area contributed by atoms with Crippen LogP contribution in [-0.2, 0) is 10.0 Å². The molecule has 0 spiro atoms. The molecule has 1 aromatic carbocycles. The molecule has 0 aromatic heterocycles. The lowest BCUT2D eigenvalue weighted by molar-refractivity contribution is -0.0498. The van der Waals surface area contributed by atoms with Crippen LogP contribution in [0.3, 0.4) is 0 Å². The van der Waals surface area contributed by atoms with Gasteiger partial charge in [-0.25, -0.2) is 12.7 Å². The summed E-state index contributed by atoms with van der Waals surface area (Å²) in [4.78, 5) is 4.29. The molecule has 3 N–H and O–H groups in total. The van der Waals surface area contributed by atoms with Gasteiger partial charge < -0.3 is 20.5 Å². The summed E-state index contributed by atoms with van der Waals surface area (Å²) in [5.41, 5.74) is 0.518. The van der Waals surface area contributed by atoms with Crippen molar-refractivity contribution in [2.45, 2.75) is 26.1 Å². The third-order valence-electron chi connectivity index (χ3n) is 4.11. The maximum atomic E-state index is 12.2. The van der Waals surface area contributed by atoms with Gasteiger partial charge in [0.1, 0.15) is 5.75 Å². The van der Waals surface area contributed by atoms with Crippen LogP contribution in [0.5, 0.6) is 5.75 Å². The quantitative estimate of drug-likeness (QED) is 0.246. The van der Waals surface area contributed by atoms with Gasteiger partial charge >= 0.3 is 6.61 Å². The lowest BCUT2D eigenvalue weighted by Crippen LogP contribution is -2.42. The molecule has 1 fully saturated rings. The lowest BCUT2D eigenvalue weighted by atomic mass is 10.1. The number of halogens is 3. The average Bonchev–Trinajstić information content (AvgIpc) is 2.98. The molecular weight excluding hydrogens is 521 g/mol. The van der Waals surface area contributed by atoms with Crippen LogP contribution in [-0.4, -0.2) is 68.9 Å². The van der Waals surface area contributed by atoms with Gasteiger partial charge in [-0.05, 0) is 31.0 Å². The number of aliphatic hydroxyl groups is 1. The summed E-state index contributed by atoms with van der Waals surface area (Å²) in [5.74, 6) is 0.659. The van der Waals surface area contributed by atoms with Gasteiger partial charge in [0.05, 0.1) is 18.4 Å². The predicted octanol–water partition coefficient (Wildman–Crippen LogP) is 1.53. The van der Waals surface area contributed by atoms with Crippen LogP contribution in [0.25, 0.3) is 0 Å². The standard InChI is InChI=1S/C17H26F2N4O4S.HI/c1-2-20-17(21-8-10-23-9-3-11-28(23,25)26)22-12-15(24)13-4-6-14(7-5-13)27-16(18)19;/h4-7,15-16,24H,2-3,8-12H2,1H3,(H2,20,21,22);1H. The van der Waals surface area contributed by atoms with Gasteiger partial charge in [-0.2, -0.15) is 8.78 Å². The molecule has 2 rings (SSSR count). The number of hydrogen-bond acceptors (Lipinski definition) is 5. The summed E-state index contributed by atoms with van der Waals surface area (Å²) in [6.45, 7) is 0.907. The van der Waals surface area contributed by atoms with E-state index < -0.39 is 22.7 Å². The Hall–Kier alpha value is -1.25. The van der Waals surface area contributed by atoms with Crippen molar-refractivity contribution in [1.82, 2.24) is 14.9 Å². The van der Waals surface area contributed by atoms with Gasteiger partial charge in [0.15, 0.2) is 5.96 Å². The molecule has 166 valence electrons. The zero-order valence-electron chi connectivity index (χ0n) is 16.1. The van der Waals surface area contributed by atoms with Crippen molar-refractivity contribution in [3.05, 3.63) is 29.8 Å². The highest BCUT2D eigenvalue weighted by Gasteiger charge is 2.27. The molecule has 0 radical (unpaired) electrons. The van der Waals surface area contributed by atoms with Gasteiger partial charge in [0.25, 0.3) is 0 Å². The third kappa shape index (κ3) is 8.56. The zero-order chi connectivity index (χ0) is 20.6. The Bertz CT molecular complexity index is 750. The number of benzene rings is 1. The number of alkyl halides is 2. The van der Waals surface area contributed by atoms with Crippen LogP contribution in [0.4, 0.5) is 8.78 Å². The van der Waals surface area contributed by atoms with Gasteiger partial charge in [0.2, 0.25) is 10.0 Å². The molecule has 12 heteroatoms. The smallest absolute Gasteiger partial charge is 0.387 e. The van der Waals surface area contributed by atoms with Gasteiger partial charge in [0, 0.05) is 26.2 Å². The first-order chi connectivity index (χ1) is 13.3. The molecular formula is C17H27F2IN4O4S. The molecule has 0 amide bonds. The van der Waals surface area contributed by atoms with Crippen LogP contribution < -0.4 is 15.4 Å². The molecule has 0 aliphatic carbocycles. The fourth-order valence-corrected chi connectivity index (χ4v) is 4.27. The molecule has 1 heterocycles. The van der Waals surface area contributed by atoms with E-state index in [0.717, 1.165) is 0 Å². The first kappa shape index (κ1) is 25.8. The van der Waals surface area contributed by atoms with E-state index in [1.54, 1.807) is 0 Å². The fraction of sp³-hybridized carbons (Fsp3) is 0.588. The van der Waals surface area contributed by atoms with E-state index in [0.29, 0.717) is 44.1 Å². The second-order valence-corrected chi connectivity index (χ2v) is 8.27. The van der Waals surface area contributed by atoms with Crippen molar-refractivity contribution in [2.24, 2.45) is 4.99 Å². The van der Waals surface area contributed by atoms with Crippen molar-refractivity contribution >= 4 is 40.0 Å².